The Labute approximate surface area is 149 Å². The monoisotopic (exact) mass is 351 g/mol. The molecule has 3 N–H and O–H groups in total. The molecule has 0 aliphatic carbocycles. The van der Waals surface area contributed by atoms with E-state index in [1.54, 1.807) is 6.26 Å². The summed E-state index contributed by atoms with van der Waals surface area (Å²) in [4.78, 5) is 17.0. The van der Waals surface area contributed by atoms with Gasteiger partial charge in [0.15, 0.2) is 0 Å². The Balaban J connectivity index is 0.00000288. The second-order valence-corrected chi connectivity index (χ2v) is 5.97. The highest BCUT2D eigenvalue weighted by Crippen LogP contribution is 2.29. The molecule has 2 rings (SSSR count). The van der Waals surface area contributed by atoms with Crippen LogP contribution in [-0.2, 0) is 4.79 Å². The van der Waals surface area contributed by atoms with Gasteiger partial charge >= 0.3 is 0 Å². The minimum atomic E-state index is -0.523. The number of carbonyl (C=O) groups excluding carboxylic acids is 1. The number of halogens is 1. The number of nitrogens with two attached hydrogens (primary N) is 1. The summed E-state index contributed by atoms with van der Waals surface area (Å²) in [5, 5.41) is 2.99. The predicted molar refractivity (Wildman–Crippen MR) is 99.4 cm³/mol. The molecule has 0 unspecified atom stereocenters. The predicted octanol–water partition coefficient (Wildman–Crippen LogP) is 4.08. The first-order valence-electron chi connectivity index (χ1n) is 8.00. The molecule has 0 spiro atoms. The third-order valence-electron chi connectivity index (χ3n) is 4.57. The summed E-state index contributed by atoms with van der Waals surface area (Å²) in [7, 11) is 0. The molecular weight excluding hydrogens is 326 g/mol. The Morgan fingerprint density at radius 3 is 2.46 bits per heavy atom. The lowest BCUT2D eigenvalue weighted by Crippen LogP contribution is -2.41. The van der Waals surface area contributed by atoms with Gasteiger partial charge in [-0.15, -0.1) is 12.4 Å². The highest BCUT2D eigenvalue weighted by atomic mass is 35.5. The molecule has 1 aromatic heterocycles. The molecule has 6 heteroatoms. The molecule has 0 fully saturated rings. The molecule has 132 valence electrons. The number of nitrogens with zero attached hydrogens (tertiary/aromatic N) is 1. The van der Waals surface area contributed by atoms with Gasteiger partial charge in [-0.2, -0.15) is 0 Å². The van der Waals surface area contributed by atoms with Crippen LogP contribution in [0.1, 0.15) is 37.9 Å². The molecule has 2 aromatic rings. The van der Waals surface area contributed by atoms with Crippen molar-refractivity contribution >= 4 is 24.0 Å². The number of hydrogen-bond donors (Lipinski definition) is 2. The lowest BCUT2D eigenvalue weighted by atomic mass is 9.81. The second kappa shape index (κ2) is 8.31. The van der Waals surface area contributed by atoms with Gasteiger partial charge in [-0.05, 0) is 44.4 Å². The van der Waals surface area contributed by atoms with E-state index in [1.807, 2.05) is 45.9 Å². The number of aryl methyl sites for hydroxylation is 2. The Kier molecular flexibility index (Phi) is 6.99. The Morgan fingerprint density at radius 2 is 1.96 bits per heavy atom. The van der Waals surface area contributed by atoms with E-state index < -0.39 is 5.41 Å². The van der Waals surface area contributed by atoms with Gasteiger partial charge in [0, 0.05) is 17.8 Å². The summed E-state index contributed by atoms with van der Waals surface area (Å²) < 4.78 is 5.48. The summed E-state index contributed by atoms with van der Waals surface area (Å²) in [5.74, 6) is 0.524. The normalized spacial score (nSPS) is 11.0. The maximum atomic E-state index is 12.6. The molecule has 0 saturated heterocycles. The molecule has 1 heterocycles. The molecule has 0 saturated carbocycles. The van der Waals surface area contributed by atoms with Gasteiger partial charge in [-0.25, -0.2) is 4.98 Å². The fourth-order valence-electron chi connectivity index (χ4n) is 2.62. The van der Waals surface area contributed by atoms with Crippen molar-refractivity contribution in [2.45, 2.75) is 40.5 Å². The maximum absolute atomic E-state index is 12.6. The van der Waals surface area contributed by atoms with E-state index in [1.165, 1.54) is 0 Å². The van der Waals surface area contributed by atoms with Crippen molar-refractivity contribution in [3.8, 4) is 11.5 Å². The zero-order chi connectivity index (χ0) is 17.0. The van der Waals surface area contributed by atoms with E-state index in [4.69, 9.17) is 10.2 Å². The first kappa shape index (κ1) is 20.2. The number of carbonyl (C=O) groups is 1. The number of benzene rings is 1. The van der Waals surface area contributed by atoms with Crippen molar-refractivity contribution in [1.82, 2.24) is 4.98 Å². The molecule has 0 radical (unpaired) electrons. The van der Waals surface area contributed by atoms with Crippen LogP contribution in [0.25, 0.3) is 11.5 Å². The largest absolute Gasteiger partial charge is 0.444 e. The Morgan fingerprint density at radius 1 is 1.29 bits per heavy atom. The average molecular weight is 352 g/mol. The lowest BCUT2D eigenvalue weighted by molar-refractivity contribution is -0.125. The molecule has 0 atom stereocenters. The molecule has 5 nitrogen and oxygen atoms in total. The SMILES string of the molecule is CCC(CC)(CN)C(=O)Nc1ccc(C)c(-c2nc(C)co2)c1.Cl. The number of hydrogen-bond acceptors (Lipinski definition) is 4. The van der Waals surface area contributed by atoms with Crippen molar-refractivity contribution in [2.24, 2.45) is 11.1 Å². The van der Waals surface area contributed by atoms with Crippen LogP contribution in [0, 0.1) is 19.3 Å². The number of amides is 1. The highest BCUT2D eigenvalue weighted by Gasteiger charge is 2.33. The van der Waals surface area contributed by atoms with E-state index in [2.05, 4.69) is 10.3 Å². The van der Waals surface area contributed by atoms with Crippen LogP contribution in [0.5, 0.6) is 0 Å². The van der Waals surface area contributed by atoms with Crippen LogP contribution in [0.3, 0.4) is 0 Å². The van der Waals surface area contributed by atoms with Gasteiger partial charge in [0.1, 0.15) is 6.26 Å². The second-order valence-electron chi connectivity index (χ2n) is 5.97. The summed E-state index contributed by atoms with van der Waals surface area (Å²) in [5.41, 5.74) is 8.80. The Hall–Kier alpha value is -1.85. The fraction of sp³-hybridized carbons (Fsp3) is 0.444. The fourth-order valence-corrected chi connectivity index (χ4v) is 2.62. The smallest absolute Gasteiger partial charge is 0.231 e. The number of aromatic nitrogens is 1. The van der Waals surface area contributed by atoms with Gasteiger partial charge in [0.05, 0.1) is 11.1 Å². The van der Waals surface area contributed by atoms with Gasteiger partial charge < -0.3 is 15.5 Å². The van der Waals surface area contributed by atoms with E-state index in [0.29, 0.717) is 25.3 Å². The molecule has 0 bridgehead atoms. The topological polar surface area (TPSA) is 81.2 Å². The minimum Gasteiger partial charge on any atom is -0.444 e. The van der Waals surface area contributed by atoms with E-state index in [9.17, 15) is 4.79 Å². The van der Waals surface area contributed by atoms with Crippen LogP contribution in [-0.4, -0.2) is 17.4 Å². The van der Waals surface area contributed by atoms with Gasteiger partial charge in [-0.3, -0.25) is 4.79 Å². The van der Waals surface area contributed by atoms with Crippen LogP contribution in [0.4, 0.5) is 5.69 Å². The first-order valence-corrected chi connectivity index (χ1v) is 8.00. The van der Waals surface area contributed by atoms with Crippen LogP contribution >= 0.6 is 12.4 Å². The molecule has 0 aliphatic heterocycles. The quantitative estimate of drug-likeness (QED) is 0.821. The van der Waals surface area contributed by atoms with E-state index >= 15 is 0 Å². The molecular formula is C18H26ClN3O2. The number of rotatable bonds is 6. The summed E-state index contributed by atoms with van der Waals surface area (Å²) in [6, 6.07) is 5.73. The lowest BCUT2D eigenvalue weighted by Gasteiger charge is -2.28. The van der Waals surface area contributed by atoms with Crippen molar-refractivity contribution in [3.05, 3.63) is 35.7 Å². The zero-order valence-corrected chi connectivity index (χ0v) is 15.5. The van der Waals surface area contributed by atoms with Crippen LogP contribution in [0.15, 0.2) is 28.9 Å². The third kappa shape index (κ3) is 3.97. The van der Waals surface area contributed by atoms with Gasteiger partial charge in [0.25, 0.3) is 0 Å². The number of nitrogens with one attached hydrogen (secondary N) is 1. The average Bonchev–Trinajstić information content (AvgIpc) is 2.98. The minimum absolute atomic E-state index is 0. The number of oxazole rings is 1. The standard InChI is InChI=1S/C18H25N3O2.ClH/c1-5-18(6-2,11-19)17(22)21-14-8-7-12(3)15(9-14)16-20-13(4)10-23-16;/h7-10H,5-6,11,19H2,1-4H3,(H,21,22);1H. The zero-order valence-electron chi connectivity index (χ0n) is 14.7. The van der Waals surface area contributed by atoms with Gasteiger partial charge in [0.2, 0.25) is 11.8 Å². The van der Waals surface area contributed by atoms with Gasteiger partial charge in [-0.1, -0.05) is 19.9 Å². The molecule has 0 aliphatic rings. The van der Waals surface area contributed by atoms with Crippen LogP contribution in [0.2, 0.25) is 0 Å². The molecule has 1 amide bonds. The van der Waals surface area contributed by atoms with Crippen molar-refractivity contribution < 1.29 is 9.21 Å². The van der Waals surface area contributed by atoms with Crippen molar-refractivity contribution in [1.29, 1.82) is 0 Å². The van der Waals surface area contributed by atoms with E-state index in [-0.39, 0.29) is 18.3 Å². The van der Waals surface area contributed by atoms with Crippen molar-refractivity contribution in [2.75, 3.05) is 11.9 Å². The molecule has 1 aromatic carbocycles. The highest BCUT2D eigenvalue weighted by molar-refractivity contribution is 5.96. The van der Waals surface area contributed by atoms with Crippen LogP contribution < -0.4 is 11.1 Å². The molecule has 24 heavy (non-hydrogen) atoms. The van der Waals surface area contributed by atoms with Crippen molar-refractivity contribution in [3.63, 3.8) is 0 Å². The first-order chi connectivity index (χ1) is 11.0. The maximum Gasteiger partial charge on any atom is 0.231 e. The Bertz CT molecular complexity index is 685. The summed E-state index contributed by atoms with van der Waals surface area (Å²) in [6.07, 6.45) is 3.04. The third-order valence-corrected chi connectivity index (χ3v) is 4.57. The van der Waals surface area contributed by atoms with E-state index in [0.717, 1.165) is 22.5 Å². The summed E-state index contributed by atoms with van der Waals surface area (Å²) in [6.45, 7) is 8.19. The summed E-state index contributed by atoms with van der Waals surface area (Å²) >= 11 is 0. The number of anilines is 1.